The number of anilines is 1. The standard InChI is InChI=1S/C16H20N6O/c23-16(18-12-3-5-14-17-7-10-22(14)11-12)13-4-6-15(20-19-13)21-8-1-2-9-21/h4,6-7,10,12H,1-3,5,8-9,11H2,(H,18,23)/t12-/m0/s1. The molecule has 1 atom stereocenters. The van der Waals surface area contributed by atoms with E-state index in [-0.39, 0.29) is 11.9 Å². The van der Waals surface area contributed by atoms with Gasteiger partial charge in [-0.15, -0.1) is 10.2 Å². The van der Waals surface area contributed by atoms with E-state index in [1.807, 2.05) is 18.5 Å². The molecule has 1 saturated heterocycles. The summed E-state index contributed by atoms with van der Waals surface area (Å²) in [7, 11) is 0. The lowest BCUT2D eigenvalue weighted by atomic mass is 10.1. The molecule has 0 radical (unpaired) electrons. The Labute approximate surface area is 134 Å². The van der Waals surface area contributed by atoms with E-state index in [0.29, 0.717) is 5.69 Å². The Balaban J connectivity index is 1.39. The molecule has 0 bridgehead atoms. The Kier molecular flexibility index (Phi) is 3.69. The second-order valence-electron chi connectivity index (χ2n) is 6.18. The van der Waals surface area contributed by atoms with Crippen LogP contribution in [0.5, 0.6) is 0 Å². The van der Waals surface area contributed by atoms with Crippen LogP contribution < -0.4 is 10.2 Å². The number of fused-ring (bicyclic) bond motifs is 1. The van der Waals surface area contributed by atoms with Gasteiger partial charge in [-0.1, -0.05) is 0 Å². The van der Waals surface area contributed by atoms with Gasteiger partial charge in [-0.2, -0.15) is 0 Å². The quantitative estimate of drug-likeness (QED) is 0.916. The van der Waals surface area contributed by atoms with Gasteiger partial charge in [0.05, 0.1) is 0 Å². The molecular formula is C16H20N6O. The molecule has 120 valence electrons. The van der Waals surface area contributed by atoms with Crippen LogP contribution in [0.15, 0.2) is 24.5 Å². The number of imidazole rings is 1. The van der Waals surface area contributed by atoms with Crippen molar-refractivity contribution in [2.24, 2.45) is 0 Å². The summed E-state index contributed by atoms with van der Waals surface area (Å²) >= 11 is 0. The zero-order valence-corrected chi connectivity index (χ0v) is 13.0. The summed E-state index contributed by atoms with van der Waals surface area (Å²) in [6.45, 7) is 2.81. The highest BCUT2D eigenvalue weighted by atomic mass is 16.2. The minimum Gasteiger partial charge on any atom is -0.355 e. The zero-order chi connectivity index (χ0) is 15.6. The fourth-order valence-corrected chi connectivity index (χ4v) is 3.30. The van der Waals surface area contributed by atoms with Crippen molar-refractivity contribution >= 4 is 11.7 Å². The van der Waals surface area contributed by atoms with E-state index in [1.54, 1.807) is 6.07 Å². The van der Waals surface area contributed by atoms with E-state index in [2.05, 4.69) is 30.0 Å². The second-order valence-corrected chi connectivity index (χ2v) is 6.18. The van der Waals surface area contributed by atoms with Gasteiger partial charge in [0.2, 0.25) is 0 Å². The van der Waals surface area contributed by atoms with Crippen molar-refractivity contribution in [2.45, 2.75) is 38.3 Å². The molecule has 7 heteroatoms. The Hall–Kier alpha value is -2.44. The molecule has 4 heterocycles. The van der Waals surface area contributed by atoms with Crippen molar-refractivity contribution in [3.63, 3.8) is 0 Å². The molecule has 23 heavy (non-hydrogen) atoms. The van der Waals surface area contributed by atoms with Gasteiger partial charge in [0, 0.05) is 44.5 Å². The molecule has 4 rings (SSSR count). The molecule has 2 aromatic rings. The number of amides is 1. The average molecular weight is 312 g/mol. The van der Waals surface area contributed by atoms with E-state index < -0.39 is 0 Å². The minimum atomic E-state index is -0.154. The molecule has 2 aromatic heterocycles. The fraction of sp³-hybridized carbons (Fsp3) is 0.500. The van der Waals surface area contributed by atoms with Gasteiger partial charge in [-0.25, -0.2) is 4.98 Å². The summed E-state index contributed by atoms with van der Waals surface area (Å²) in [5, 5.41) is 11.4. The van der Waals surface area contributed by atoms with Crippen LogP contribution in [0, 0.1) is 0 Å². The molecule has 7 nitrogen and oxygen atoms in total. The number of carbonyl (C=O) groups excluding carboxylic acids is 1. The third-order valence-electron chi connectivity index (χ3n) is 4.58. The molecule has 0 aliphatic carbocycles. The molecule has 1 N–H and O–H groups in total. The summed E-state index contributed by atoms with van der Waals surface area (Å²) in [6, 6.07) is 3.77. The fourth-order valence-electron chi connectivity index (χ4n) is 3.30. The zero-order valence-electron chi connectivity index (χ0n) is 13.0. The normalized spacial score (nSPS) is 20.3. The monoisotopic (exact) mass is 312 g/mol. The van der Waals surface area contributed by atoms with Crippen molar-refractivity contribution in [2.75, 3.05) is 18.0 Å². The number of nitrogens with one attached hydrogen (secondary N) is 1. The number of rotatable bonds is 3. The van der Waals surface area contributed by atoms with Gasteiger partial charge in [0.15, 0.2) is 11.5 Å². The van der Waals surface area contributed by atoms with Gasteiger partial charge in [-0.05, 0) is 31.4 Å². The van der Waals surface area contributed by atoms with Crippen LogP contribution in [0.3, 0.4) is 0 Å². The predicted molar refractivity (Wildman–Crippen MR) is 85.3 cm³/mol. The van der Waals surface area contributed by atoms with Crippen LogP contribution in [0.1, 0.15) is 35.6 Å². The Morgan fingerprint density at radius 3 is 2.87 bits per heavy atom. The molecular weight excluding hydrogens is 292 g/mol. The maximum Gasteiger partial charge on any atom is 0.272 e. The lowest BCUT2D eigenvalue weighted by Crippen LogP contribution is -2.41. The van der Waals surface area contributed by atoms with Gasteiger partial charge in [-0.3, -0.25) is 4.79 Å². The molecule has 1 amide bonds. The molecule has 0 aromatic carbocycles. The van der Waals surface area contributed by atoms with E-state index >= 15 is 0 Å². The third kappa shape index (κ3) is 2.91. The van der Waals surface area contributed by atoms with Crippen LogP contribution in [0.4, 0.5) is 5.82 Å². The summed E-state index contributed by atoms with van der Waals surface area (Å²) in [5.74, 6) is 1.80. The number of aromatic nitrogens is 4. The summed E-state index contributed by atoms with van der Waals surface area (Å²) in [5.41, 5.74) is 0.379. The number of carbonyl (C=O) groups is 1. The highest BCUT2D eigenvalue weighted by Gasteiger charge is 2.22. The van der Waals surface area contributed by atoms with E-state index in [0.717, 1.165) is 44.1 Å². The Bertz CT molecular complexity index is 689. The largest absolute Gasteiger partial charge is 0.355 e. The van der Waals surface area contributed by atoms with Crippen molar-refractivity contribution in [1.82, 2.24) is 25.1 Å². The lowest BCUT2D eigenvalue weighted by Gasteiger charge is -2.24. The number of nitrogens with zero attached hydrogens (tertiary/aromatic N) is 5. The molecule has 2 aliphatic heterocycles. The van der Waals surface area contributed by atoms with Crippen LogP contribution >= 0.6 is 0 Å². The maximum atomic E-state index is 12.3. The summed E-state index contributed by atoms with van der Waals surface area (Å²) in [4.78, 5) is 18.8. The summed E-state index contributed by atoms with van der Waals surface area (Å²) in [6.07, 6.45) is 7.95. The van der Waals surface area contributed by atoms with Crippen LogP contribution in [-0.2, 0) is 13.0 Å². The molecule has 0 saturated carbocycles. The first-order chi connectivity index (χ1) is 11.3. The van der Waals surface area contributed by atoms with E-state index in [1.165, 1.54) is 12.8 Å². The number of hydrogen-bond acceptors (Lipinski definition) is 5. The maximum absolute atomic E-state index is 12.3. The van der Waals surface area contributed by atoms with Gasteiger partial charge >= 0.3 is 0 Å². The van der Waals surface area contributed by atoms with Crippen LogP contribution in [0.25, 0.3) is 0 Å². The predicted octanol–water partition coefficient (Wildman–Crippen LogP) is 1.02. The van der Waals surface area contributed by atoms with E-state index in [4.69, 9.17) is 0 Å². The molecule has 0 spiro atoms. The highest BCUT2D eigenvalue weighted by Crippen LogP contribution is 2.17. The third-order valence-corrected chi connectivity index (χ3v) is 4.58. The molecule has 1 fully saturated rings. The topological polar surface area (TPSA) is 75.9 Å². The first-order valence-electron chi connectivity index (χ1n) is 8.19. The smallest absolute Gasteiger partial charge is 0.272 e. The number of aryl methyl sites for hydroxylation is 1. The minimum absolute atomic E-state index is 0.115. The van der Waals surface area contributed by atoms with Gasteiger partial charge in [0.1, 0.15) is 5.82 Å². The average Bonchev–Trinajstić information content (AvgIpc) is 3.26. The first-order valence-corrected chi connectivity index (χ1v) is 8.19. The SMILES string of the molecule is O=C(N[C@H]1CCc2nccn2C1)c1ccc(N2CCCC2)nn1. The highest BCUT2D eigenvalue weighted by molar-refractivity contribution is 5.92. The molecule has 0 unspecified atom stereocenters. The molecule has 2 aliphatic rings. The second kappa shape index (κ2) is 5.98. The van der Waals surface area contributed by atoms with Gasteiger partial charge < -0.3 is 14.8 Å². The van der Waals surface area contributed by atoms with Gasteiger partial charge in [0.25, 0.3) is 5.91 Å². The first kappa shape index (κ1) is 14.2. The van der Waals surface area contributed by atoms with Crippen LogP contribution in [-0.4, -0.2) is 44.8 Å². The number of hydrogen-bond donors (Lipinski definition) is 1. The lowest BCUT2D eigenvalue weighted by molar-refractivity contribution is 0.0921. The van der Waals surface area contributed by atoms with Crippen LogP contribution in [0.2, 0.25) is 0 Å². The van der Waals surface area contributed by atoms with Crippen molar-refractivity contribution in [3.05, 3.63) is 36.0 Å². The Morgan fingerprint density at radius 1 is 1.22 bits per heavy atom. The Morgan fingerprint density at radius 2 is 2.09 bits per heavy atom. The summed E-state index contributed by atoms with van der Waals surface area (Å²) < 4.78 is 2.09. The van der Waals surface area contributed by atoms with E-state index in [9.17, 15) is 4.79 Å². The van der Waals surface area contributed by atoms with Crippen molar-refractivity contribution < 1.29 is 4.79 Å². The van der Waals surface area contributed by atoms with Crippen molar-refractivity contribution in [1.29, 1.82) is 0 Å². The van der Waals surface area contributed by atoms with Crippen molar-refractivity contribution in [3.8, 4) is 0 Å².